The molecule has 1 unspecified atom stereocenters. The number of hydrogen-bond acceptors (Lipinski definition) is 3. The van der Waals surface area contributed by atoms with Crippen molar-refractivity contribution >= 4 is 16.7 Å². The molecule has 0 radical (unpaired) electrons. The Hall–Kier alpha value is -2.33. The fourth-order valence-corrected chi connectivity index (χ4v) is 2.96. The lowest BCUT2D eigenvalue weighted by molar-refractivity contribution is 0.0856. The molecule has 120 valence electrons. The van der Waals surface area contributed by atoms with Gasteiger partial charge in [0.2, 0.25) is 0 Å². The van der Waals surface area contributed by atoms with Crippen molar-refractivity contribution in [1.29, 1.82) is 0 Å². The number of para-hydroxylation sites is 1. The van der Waals surface area contributed by atoms with E-state index in [4.69, 9.17) is 4.42 Å². The van der Waals surface area contributed by atoms with Crippen LogP contribution in [0.15, 0.2) is 40.8 Å². The SMILES string of the molecule is Cc1ccc(CN(C)C(C)C(=O)c2c(C)[nH]c3ccccc23)o1. The number of carbonyl (C=O) groups excluding carboxylic acids is 1. The number of rotatable bonds is 5. The van der Waals surface area contributed by atoms with Gasteiger partial charge in [0.05, 0.1) is 12.6 Å². The van der Waals surface area contributed by atoms with E-state index in [2.05, 4.69) is 4.98 Å². The van der Waals surface area contributed by atoms with Crippen LogP contribution in [0, 0.1) is 13.8 Å². The first kappa shape index (κ1) is 15.6. The number of hydrogen-bond donors (Lipinski definition) is 1. The largest absolute Gasteiger partial charge is 0.465 e. The van der Waals surface area contributed by atoms with Crippen LogP contribution >= 0.6 is 0 Å². The van der Waals surface area contributed by atoms with Gasteiger partial charge < -0.3 is 9.40 Å². The van der Waals surface area contributed by atoms with Gasteiger partial charge in [-0.1, -0.05) is 18.2 Å². The molecule has 0 amide bonds. The molecule has 0 bridgehead atoms. The van der Waals surface area contributed by atoms with E-state index in [0.717, 1.165) is 33.7 Å². The van der Waals surface area contributed by atoms with E-state index < -0.39 is 0 Å². The number of aromatic nitrogens is 1. The Labute approximate surface area is 136 Å². The molecule has 4 heteroatoms. The van der Waals surface area contributed by atoms with Crippen LogP contribution in [0.4, 0.5) is 0 Å². The zero-order valence-electron chi connectivity index (χ0n) is 14.0. The third-order valence-corrected chi connectivity index (χ3v) is 4.38. The molecule has 3 aromatic rings. The summed E-state index contributed by atoms with van der Waals surface area (Å²) in [5, 5.41) is 0.990. The van der Waals surface area contributed by atoms with Crippen molar-refractivity contribution in [3.05, 3.63) is 59.2 Å². The molecule has 0 fully saturated rings. The molecule has 0 saturated heterocycles. The molecule has 0 aliphatic heterocycles. The summed E-state index contributed by atoms with van der Waals surface area (Å²) >= 11 is 0. The number of aromatic amines is 1. The molecule has 0 aliphatic carbocycles. The van der Waals surface area contributed by atoms with Crippen LogP contribution in [0.3, 0.4) is 0 Å². The highest BCUT2D eigenvalue weighted by molar-refractivity contribution is 6.11. The monoisotopic (exact) mass is 310 g/mol. The molecule has 0 spiro atoms. The zero-order chi connectivity index (χ0) is 16.6. The van der Waals surface area contributed by atoms with Gasteiger partial charge in [-0.2, -0.15) is 0 Å². The molecule has 23 heavy (non-hydrogen) atoms. The average molecular weight is 310 g/mol. The lowest BCUT2D eigenvalue weighted by Gasteiger charge is -2.22. The number of H-pyrrole nitrogens is 1. The normalized spacial score (nSPS) is 12.9. The Kier molecular flexibility index (Phi) is 4.09. The fraction of sp³-hybridized carbons (Fsp3) is 0.316. The van der Waals surface area contributed by atoms with Gasteiger partial charge in [0.15, 0.2) is 5.78 Å². The van der Waals surface area contributed by atoms with Crippen molar-refractivity contribution in [3.8, 4) is 0 Å². The van der Waals surface area contributed by atoms with E-state index in [9.17, 15) is 4.79 Å². The first-order valence-corrected chi connectivity index (χ1v) is 7.84. The van der Waals surface area contributed by atoms with Gasteiger partial charge in [-0.3, -0.25) is 9.69 Å². The first-order valence-electron chi connectivity index (χ1n) is 7.84. The highest BCUT2D eigenvalue weighted by atomic mass is 16.3. The second kappa shape index (κ2) is 6.05. The smallest absolute Gasteiger partial charge is 0.182 e. The quantitative estimate of drug-likeness (QED) is 0.722. The summed E-state index contributed by atoms with van der Waals surface area (Å²) in [6, 6.07) is 11.6. The fourth-order valence-electron chi connectivity index (χ4n) is 2.96. The number of nitrogens with one attached hydrogen (secondary N) is 1. The number of Topliss-reactive ketones (excluding diaryl/α,β-unsaturated/α-hetero) is 1. The maximum atomic E-state index is 13.0. The number of benzene rings is 1. The number of ketones is 1. The Morgan fingerprint density at radius 1 is 1.22 bits per heavy atom. The number of aryl methyl sites for hydroxylation is 2. The molecule has 1 atom stereocenters. The molecular weight excluding hydrogens is 288 g/mol. The van der Waals surface area contributed by atoms with Crippen molar-refractivity contribution in [3.63, 3.8) is 0 Å². The van der Waals surface area contributed by atoms with E-state index in [1.807, 2.05) is 69.1 Å². The van der Waals surface area contributed by atoms with Crippen molar-refractivity contribution in [1.82, 2.24) is 9.88 Å². The van der Waals surface area contributed by atoms with Gasteiger partial charge in [-0.15, -0.1) is 0 Å². The van der Waals surface area contributed by atoms with Crippen molar-refractivity contribution < 1.29 is 9.21 Å². The van der Waals surface area contributed by atoms with E-state index >= 15 is 0 Å². The number of furan rings is 1. The topological polar surface area (TPSA) is 49.2 Å². The lowest BCUT2D eigenvalue weighted by atomic mass is 10.0. The molecule has 0 aliphatic rings. The van der Waals surface area contributed by atoms with Gasteiger partial charge in [0.1, 0.15) is 11.5 Å². The molecule has 2 heterocycles. The minimum Gasteiger partial charge on any atom is -0.465 e. The second-order valence-corrected chi connectivity index (χ2v) is 6.14. The molecule has 1 N–H and O–H groups in total. The van der Waals surface area contributed by atoms with E-state index in [0.29, 0.717) is 6.54 Å². The molecule has 2 aromatic heterocycles. The summed E-state index contributed by atoms with van der Waals surface area (Å²) in [6.45, 7) is 6.44. The summed E-state index contributed by atoms with van der Waals surface area (Å²) in [4.78, 5) is 18.3. The molecule has 0 saturated carbocycles. The van der Waals surface area contributed by atoms with Crippen molar-refractivity contribution in [2.75, 3.05) is 7.05 Å². The van der Waals surface area contributed by atoms with E-state index in [-0.39, 0.29) is 11.8 Å². The van der Waals surface area contributed by atoms with Gasteiger partial charge in [-0.25, -0.2) is 0 Å². The lowest BCUT2D eigenvalue weighted by Crippen LogP contribution is -2.35. The van der Waals surface area contributed by atoms with Crippen LogP contribution in [0.5, 0.6) is 0 Å². The Morgan fingerprint density at radius 3 is 2.65 bits per heavy atom. The highest BCUT2D eigenvalue weighted by Crippen LogP contribution is 2.24. The average Bonchev–Trinajstić information content (AvgIpc) is 3.07. The summed E-state index contributed by atoms with van der Waals surface area (Å²) < 4.78 is 5.61. The van der Waals surface area contributed by atoms with Gasteiger partial charge in [-0.05, 0) is 46.0 Å². The number of fused-ring (bicyclic) bond motifs is 1. The van der Waals surface area contributed by atoms with Gasteiger partial charge >= 0.3 is 0 Å². The molecule has 3 rings (SSSR count). The third-order valence-electron chi connectivity index (χ3n) is 4.38. The van der Waals surface area contributed by atoms with Gasteiger partial charge in [0, 0.05) is 22.2 Å². The maximum absolute atomic E-state index is 13.0. The highest BCUT2D eigenvalue weighted by Gasteiger charge is 2.24. The van der Waals surface area contributed by atoms with E-state index in [1.165, 1.54) is 0 Å². The Bertz CT molecular complexity index is 844. The van der Waals surface area contributed by atoms with Crippen molar-refractivity contribution in [2.24, 2.45) is 0 Å². The summed E-state index contributed by atoms with van der Waals surface area (Å²) in [7, 11) is 1.95. The Balaban J connectivity index is 1.84. The summed E-state index contributed by atoms with van der Waals surface area (Å²) in [5.74, 6) is 1.89. The minimum absolute atomic E-state index is 0.130. The zero-order valence-corrected chi connectivity index (χ0v) is 14.0. The minimum atomic E-state index is -0.224. The third kappa shape index (κ3) is 2.94. The number of nitrogens with zero attached hydrogens (tertiary/aromatic N) is 1. The molecule has 4 nitrogen and oxygen atoms in total. The van der Waals surface area contributed by atoms with Crippen LogP contribution in [-0.4, -0.2) is 28.8 Å². The molecule has 1 aromatic carbocycles. The second-order valence-electron chi connectivity index (χ2n) is 6.14. The maximum Gasteiger partial charge on any atom is 0.182 e. The number of carbonyl (C=O) groups is 1. The van der Waals surface area contributed by atoms with Crippen LogP contribution in [0.25, 0.3) is 10.9 Å². The number of likely N-dealkylation sites (N-methyl/N-ethyl adjacent to an activating group) is 1. The van der Waals surface area contributed by atoms with Crippen LogP contribution in [0.2, 0.25) is 0 Å². The summed E-state index contributed by atoms with van der Waals surface area (Å²) in [5.41, 5.74) is 2.71. The van der Waals surface area contributed by atoms with E-state index in [1.54, 1.807) is 0 Å². The standard InChI is InChI=1S/C19H22N2O2/c1-12-9-10-15(23-12)11-21(4)14(3)19(22)18-13(2)20-17-8-6-5-7-16(17)18/h5-10,14,20H,11H2,1-4H3. The predicted octanol–water partition coefficient (Wildman–Crippen LogP) is 4.08. The molecular formula is C19H22N2O2. The first-order chi connectivity index (χ1) is 11.0. The van der Waals surface area contributed by atoms with Crippen LogP contribution in [0.1, 0.15) is 34.5 Å². The van der Waals surface area contributed by atoms with Crippen LogP contribution < -0.4 is 0 Å². The van der Waals surface area contributed by atoms with Gasteiger partial charge in [0.25, 0.3) is 0 Å². The van der Waals surface area contributed by atoms with Crippen molar-refractivity contribution in [2.45, 2.75) is 33.4 Å². The van der Waals surface area contributed by atoms with Crippen LogP contribution in [-0.2, 0) is 6.54 Å². The summed E-state index contributed by atoms with van der Waals surface area (Å²) in [6.07, 6.45) is 0. The predicted molar refractivity (Wildman–Crippen MR) is 91.7 cm³/mol. The Morgan fingerprint density at radius 2 is 1.96 bits per heavy atom.